The molecule has 3 N–H and O–H groups in total. The molecule has 0 spiro atoms. The van der Waals surface area contributed by atoms with E-state index >= 15 is 0 Å². The Hall–Kier alpha value is -2.37. The molecule has 0 aliphatic carbocycles. The molecule has 0 aromatic carbocycles. The van der Waals surface area contributed by atoms with Gasteiger partial charge in [-0.2, -0.15) is 0 Å². The Kier molecular flexibility index (Phi) is 3.27. The molecular formula is C12H14N4O2. The number of nitrogens with two attached hydrogens (primary N) is 1. The molecule has 2 rings (SSSR count). The second-order valence-corrected chi connectivity index (χ2v) is 3.73. The lowest BCUT2D eigenvalue weighted by Gasteiger charge is -2.09. The molecule has 2 aromatic rings. The van der Waals surface area contributed by atoms with Crippen molar-refractivity contribution in [3.8, 4) is 11.5 Å². The summed E-state index contributed by atoms with van der Waals surface area (Å²) < 4.78 is 5.27. The van der Waals surface area contributed by atoms with Crippen molar-refractivity contribution in [2.24, 2.45) is 0 Å². The van der Waals surface area contributed by atoms with Crippen molar-refractivity contribution in [1.29, 1.82) is 0 Å². The summed E-state index contributed by atoms with van der Waals surface area (Å²) in [7, 11) is 0. The Balaban J connectivity index is 2.59. The number of carbonyl (C=O) groups is 1. The van der Waals surface area contributed by atoms with E-state index in [4.69, 9.17) is 10.2 Å². The average molecular weight is 246 g/mol. The number of anilines is 1. The molecular weight excluding hydrogens is 232 g/mol. The minimum atomic E-state index is -0.235. The van der Waals surface area contributed by atoms with E-state index in [1.165, 1.54) is 6.26 Å². The zero-order valence-electron chi connectivity index (χ0n) is 10.2. The summed E-state index contributed by atoms with van der Waals surface area (Å²) in [6, 6.07) is 3.45. The van der Waals surface area contributed by atoms with Crippen molar-refractivity contribution < 1.29 is 9.21 Å². The first-order valence-electron chi connectivity index (χ1n) is 5.59. The van der Waals surface area contributed by atoms with Crippen molar-refractivity contribution in [1.82, 2.24) is 15.3 Å². The van der Waals surface area contributed by atoms with Crippen LogP contribution in [0.2, 0.25) is 0 Å². The first-order valence-corrected chi connectivity index (χ1v) is 5.59. The molecule has 94 valence electrons. The summed E-state index contributed by atoms with van der Waals surface area (Å²) in [6.45, 7) is 4.09. The Labute approximate surface area is 104 Å². The van der Waals surface area contributed by atoms with E-state index < -0.39 is 0 Å². The summed E-state index contributed by atoms with van der Waals surface area (Å²) >= 11 is 0. The van der Waals surface area contributed by atoms with Crippen molar-refractivity contribution in [3.63, 3.8) is 0 Å². The molecule has 0 bridgehead atoms. The van der Waals surface area contributed by atoms with E-state index in [2.05, 4.69) is 15.3 Å². The third-order valence-electron chi connectivity index (χ3n) is 2.43. The summed E-state index contributed by atoms with van der Waals surface area (Å²) in [5, 5.41) is 2.72. The minimum Gasteiger partial charge on any atom is -0.463 e. The number of hydrogen-bond acceptors (Lipinski definition) is 5. The van der Waals surface area contributed by atoms with Crippen LogP contribution in [0.1, 0.15) is 23.0 Å². The zero-order valence-corrected chi connectivity index (χ0v) is 10.2. The first kappa shape index (κ1) is 12.1. The number of nitrogens with one attached hydrogen (secondary N) is 1. The summed E-state index contributed by atoms with van der Waals surface area (Å²) in [5.41, 5.74) is 6.94. The molecule has 0 fully saturated rings. The van der Waals surface area contributed by atoms with Crippen LogP contribution in [-0.2, 0) is 0 Å². The lowest BCUT2D eigenvalue weighted by molar-refractivity contribution is 0.0955. The van der Waals surface area contributed by atoms with E-state index in [9.17, 15) is 4.79 Å². The maximum absolute atomic E-state index is 12.0. The summed E-state index contributed by atoms with van der Waals surface area (Å²) in [5.74, 6) is 0.377. The van der Waals surface area contributed by atoms with Crippen molar-refractivity contribution in [2.45, 2.75) is 13.8 Å². The van der Waals surface area contributed by atoms with Crippen LogP contribution in [0.5, 0.6) is 0 Å². The standard InChI is InChI=1S/C12H14N4O2/c1-3-14-11(17)9-7(2)15-12(13)16-10(9)8-5-4-6-18-8/h4-6H,3H2,1-2H3,(H,14,17)(H2,13,15,16). The molecule has 6 nitrogen and oxygen atoms in total. The quantitative estimate of drug-likeness (QED) is 0.853. The average Bonchev–Trinajstić information content (AvgIpc) is 2.81. The number of hydrogen-bond donors (Lipinski definition) is 2. The second-order valence-electron chi connectivity index (χ2n) is 3.73. The van der Waals surface area contributed by atoms with Crippen LogP contribution in [0.15, 0.2) is 22.8 Å². The second kappa shape index (κ2) is 4.87. The Morgan fingerprint density at radius 3 is 2.89 bits per heavy atom. The molecule has 0 aliphatic heterocycles. The monoisotopic (exact) mass is 246 g/mol. The Morgan fingerprint density at radius 2 is 2.28 bits per heavy atom. The van der Waals surface area contributed by atoms with Gasteiger partial charge in [0.05, 0.1) is 17.5 Å². The minimum absolute atomic E-state index is 0.118. The van der Waals surface area contributed by atoms with Crippen LogP contribution in [0.25, 0.3) is 11.5 Å². The van der Waals surface area contributed by atoms with Crippen molar-refractivity contribution >= 4 is 11.9 Å². The largest absolute Gasteiger partial charge is 0.463 e. The molecule has 6 heteroatoms. The third-order valence-corrected chi connectivity index (χ3v) is 2.43. The van der Waals surface area contributed by atoms with Gasteiger partial charge in [0.25, 0.3) is 5.91 Å². The molecule has 0 radical (unpaired) electrons. The topological polar surface area (TPSA) is 94.0 Å². The number of aromatic nitrogens is 2. The molecule has 0 aliphatic rings. The SMILES string of the molecule is CCNC(=O)c1c(C)nc(N)nc1-c1ccco1. The lowest BCUT2D eigenvalue weighted by Crippen LogP contribution is -2.25. The van der Waals surface area contributed by atoms with E-state index in [0.717, 1.165) is 0 Å². The van der Waals surface area contributed by atoms with Gasteiger partial charge >= 0.3 is 0 Å². The number of rotatable bonds is 3. The van der Waals surface area contributed by atoms with Gasteiger partial charge in [-0.15, -0.1) is 0 Å². The predicted molar refractivity (Wildman–Crippen MR) is 66.9 cm³/mol. The van der Waals surface area contributed by atoms with Crippen molar-refractivity contribution in [3.05, 3.63) is 29.7 Å². The van der Waals surface area contributed by atoms with Gasteiger partial charge in [0, 0.05) is 6.54 Å². The van der Waals surface area contributed by atoms with Gasteiger partial charge < -0.3 is 15.5 Å². The number of aryl methyl sites for hydroxylation is 1. The van der Waals surface area contributed by atoms with Crippen LogP contribution in [0.3, 0.4) is 0 Å². The van der Waals surface area contributed by atoms with Crippen LogP contribution >= 0.6 is 0 Å². The fraction of sp³-hybridized carbons (Fsp3) is 0.250. The molecule has 0 atom stereocenters. The number of carbonyl (C=O) groups excluding carboxylic acids is 1. The predicted octanol–water partition coefficient (Wildman–Crippen LogP) is 1.38. The smallest absolute Gasteiger partial charge is 0.255 e. The van der Waals surface area contributed by atoms with E-state index in [0.29, 0.717) is 29.3 Å². The van der Waals surface area contributed by atoms with Gasteiger partial charge in [-0.25, -0.2) is 9.97 Å². The van der Waals surface area contributed by atoms with Crippen LogP contribution < -0.4 is 11.1 Å². The molecule has 0 saturated carbocycles. The van der Waals surface area contributed by atoms with Gasteiger partial charge in [0.1, 0.15) is 5.69 Å². The Morgan fingerprint density at radius 1 is 1.50 bits per heavy atom. The van der Waals surface area contributed by atoms with Crippen molar-refractivity contribution in [2.75, 3.05) is 12.3 Å². The van der Waals surface area contributed by atoms with Crippen LogP contribution in [0, 0.1) is 6.92 Å². The fourth-order valence-corrected chi connectivity index (χ4v) is 1.71. The van der Waals surface area contributed by atoms with Crippen LogP contribution in [0.4, 0.5) is 5.95 Å². The number of nitrogen functional groups attached to an aromatic ring is 1. The van der Waals surface area contributed by atoms with E-state index in [-0.39, 0.29) is 11.9 Å². The van der Waals surface area contributed by atoms with Gasteiger partial charge in [-0.1, -0.05) is 0 Å². The molecule has 1 amide bonds. The normalized spacial score (nSPS) is 10.3. The summed E-state index contributed by atoms with van der Waals surface area (Å²) in [6.07, 6.45) is 1.52. The first-order chi connectivity index (χ1) is 8.63. The van der Waals surface area contributed by atoms with Gasteiger partial charge in [0.15, 0.2) is 5.76 Å². The maximum Gasteiger partial charge on any atom is 0.255 e. The van der Waals surface area contributed by atoms with Crippen LogP contribution in [-0.4, -0.2) is 22.4 Å². The molecule has 0 unspecified atom stereocenters. The molecule has 2 aromatic heterocycles. The highest BCUT2D eigenvalue weighted by molar-refractivity contribution is 6.00. The number of nitrogens with zero attached hydrogens (tertiary/aromatic N) is 2. The summed E-state index contributed by atoms with van der Waals surface area (Å²) in [4.78, 5) is 20.1. The Bertz CT molecular complexity index is 564. The van der Waals surface area contributed by atoms with E-state index in [1.54, 1.807) is 19.1 Å². The highest BCUT2D eigenvalue weighted by atomic mass is 16.3. The zero-order chi connectivity index (χ0) is 13.1. The lowest BCUT2D eigenvalue weighted by atomic mass is 10.1. The maximum atomic E-state index is 12.0. The van der Waals surface area contributed by atoms with Gasteiger partial charge in [-0.3, -0.25) is 4.79 Å². The number of furan rings is 1. The highest BCUT2D eigenvalue weighted by Gasteiger charge is 2.20. The molecule has 18 heavy (non-hydrogen) atoms. The highest BCUT2D eigenvalue weighted by Crippen LogP contribution is 2.24. The van der Waals surface area contributed by atoms with E-state index in [1.807, 2.05) is 6.92 Å². The third kappa shape index (κ3) is 2.17. The molecule has 2 heterocycles. The molecule has 0 saturated heterocycles. The fourth-order valence-electron chi connectivity index (χ4n) is 1.71. The van der Waals surface area contributed by atoms with Gasteiger partial charge in [-0.05, 0) is 26.0 Å². The van der Waals surface area contributed by atoms with Gasteiger partial charge in [0.2, 0.25) is 5.95 Å². The number of amides is 1.